The summed E-state index contributed by atoms with van der Waals surface area (Å²) in [5.41, 5.74) is 0. The van der Waals surface area contributed by atoms with Gasteiger partial charge in [-0.15, -0.1) is 0 Å². The van der Waals surface area contributed by atoms with Crippen LogP contribution in [0.15, 0.2) is 24.3 Å². The predicted octanol–water partition coefficient (Wildman–Crippen LogP) is 4.86. The first-order valence-electron chi connectivity index (χ1n) is 8.84. The molecule has 4 heteroatoms. The SMILES string of the molecule is Cc1ccc2p1C13[N+](=C2)CCCCCC[N+]1=Cc1ccc(C)p13. The Hall–Kier alpha value is -1.10. The zero-order valence-corrected chi connectivity index (χ0v) is 15.8. The van der Waals surface area contributed by atoms with Crippen molar-refractivity contribution in [1.29, 1.82) is 0 Å². The molecular formula is C19H24N2P2+2. The average Bonchev–Trinajstić information content (AvgIpc) is 3.22. The largest absolute Gasteiger partial charge is 0.421 e. The van der Waals surface area contributed by atoms with Crippen molar-refractivity contribution in [2.24, 2.45) is 0 Å². The molecule has 0 bridgehead atoms. The van der Waals surface area contributed by atoms with Gasteiger partial charge >= 0.3 is 5.15 Å². The fraction of sp³-hybridized carbons (Fsp3) is 0.474. The molecule has 3 aliphatic heterocycles. The van der Waals surface area contributed by atoms with Gasteiger partial charge in [-0.2, -0.15) is 9.15 Å². The fourth-order valence-electron chi connectivity index (χ4n) is 4.76. The maximum atomic E-state index is 2.78. The minimum Gasteiger partial charge on any atom is -0.159 e. The van der Waals surface area contributed by atoms with Crippen LogP contribution in [0.3, 0.4) is 0 Å². The summed E-state index contributed by atoms with van der Waals surface area (Å²) in [4.78, 5) is 0. The van der Waals surface area contributed by atoms with E-state index in [1.54, 1.807) is 21.2 Å². The van der Waals surface area contributed by atoms with Crippen LogP contribution >= 0.6 is 15.1 Å². The van der Waals surface area contributed by atoms with Crippen LogP contribution in [0.1, 0.15) is 46.9 Å². The topological polar surface area (TPSA) is 6.02 Å². The fourth-order valence-corrected chi connectivity index (χ4v) is 12.7. The molecular weight excluding hydrogens is 318 g/mol. The Labute approximate surface area is 140 Å². The molecule has 0 saturated carbocycles. The Balaban J connectivity index is 1.86. The normalized spacial score (nSPS) is 27.0. The van der Waals surface area contributed by atoms with Crippen LogP contribution in [0.5, 0.6) is 0 Å². The van der Waals surface area contributed by atoms with Gasteiger partial charge < -0.3 is 0 Å². The van der Waals surface area contributed by atoms with E-state index in [9.17, 15) is 0 Å². The molecule has 2 aromatic rings. The van der Waals surface area contributed by atoms with Crippen molar-refractivity contribution < 1.29 is 9.15 Å². The highest BCUT2D eigenvalue weighted by Crippen LogP contribution is 2.71. The molecule has 1 fully saturated rings. The van der Waals surface area contributed by atoms with Crippen molar-refractivity contribution in [2.45, 2.75) is 44.7 Å². The van der Waals surface area contributed by atoms with Crippen molar-refractivity contribution in [3.63, 3.8) is 0 Å². The van der Waals surface area contributed by atoms with Crippen molar-refractivity contribution in [3.8, 4) is 0 Å². The standard InChI is InChI=1S/C19H24N2P2/c1-15-7-9-17-13-20-11-5-3-4-6-12-21-14-18-10-8-16(2)23(18)19(20,21)22(15)17/h7-10,13-14H,3-6,11-12H2,1-2H3/q+2. The zero-order valence-electron chi connectivity index (χ0n) is 14.0. The van der Waals surface area contributed by atoms with Crippen LogP contribution < -0.4 is 0 Å². The van der Waals surface area contributed by atoms with Crippen molar-refractivity contribution in [1.82, 2.24) is 0 Å². The molecule has 0 radical (unpaired) electrons. The third-order valence-corrected chi connectivity index (χ3v) is 12.4. The molecule has 3 aliphatic rings. The van der Waals surface area contributed by atoms with E-state index >= 15 is 0 Å². The summed E-state index contributed by atoms with van der Waals surface area (Å²) < 4.78 is 5.55. The number of hydrogen-bond donors (Lipinski definition) is 0. The highest BCUT2D eigenvalue weighted by atomic mass is 31.2. The lowest BCUT2D eigenvalue weighted by Crippen LogP contribution is -2.39. The first-order chi connectivity index (χ1) is 11.2. The number of rotatable bonds is 0. The smallest absolute Gasteiger partial charge is 0.159 e. The van der Waals surface area contributed by atoms with Crippen LogP contribution in [-0.2, 0) is 5.15 Å². The van der Waals surface area contributed by atoms with E-state index in [-0.39, 0.29) is 20.2 Å². The molecule has 2 nitrogen and oxygen atoms in total. The predicted molar refractivity (Wildman–Crippen MR) is 100 cm³/mol. The summed E-state index contributed by atoms with van der Waals surface area (Å²) in [6, 6.07) is 9.58. The quantitative estimate of drug-likeness (QED) is 0.603. The van der Waals surface area contributed by atoms with Crippen LogP contribution in [-0.4, -0.2) is 34.7 Å². The van der Waals surface area contributed by atoms with E-state index < -0.39 is 0 Å². The summed E-state index contributed by atoms with van der Waals surface area (Å²) in [7, 11) is -0.475. The molecule has 23 heavy (non-hydrogen) atoms. The highest BCUT2D eigenvalue weighted by molar-refractivity contribution is 7.70. The van der Waals surface area contributed by atoms with Crippen LogP contribution in [0.2, 0.25) is 0 Å². The van der Waals surface area contributed by atoms with Crippen molar-refractivity contribution in [2.75, 3.05) is 13.1 Å². The van der Waals surface area contributed by atoms with E-state index in [0.29, 0.717) is 0 Å². The van der Waals surface area contributed by atoms with Gasteiger partial charge in [0.05, 0.1) is 25.7 Å². The first-order valence-corrected chi connectivity index (χ1v) is 11.5. The van der Waals surface area contributed by atoms with E-state index in [1.807, 2.05) is 0 Å². The highest BCUT2D eigenvalue weighted by Gasteiger charge is 2.64. The molecule has 5 rings (SSSR count). The van der Waals surface area contributed by atoms with E-state index in [4.69, 9.17) is 0 Å². The van der Waals surface area contributed by atoms with Gasteiger partial charge in [0.1, 0.15) is 0 Å². The van der Waals surface area contributed by atoms with Gasteiger partial charge in [0.15, 0.2) is 25.5 Å². The molecule has 0 aliphatic carbocycles. The lowest BCUT2D eigenvalue weighted by molar-refractivity contribution is -0.783. The molecule has 2 atom stereocenters. The summed E-state index contributed by atoms with van der Waals surface area (Å²) in [5.74, 6) is 0. The Morgan fingerprint density at radius 3 is 1.70 bits per heavy atom. The molecule has 0 N–H and O–H groups in total. The molecule has 2 aromatic heterocycles. The third-order valence-electron chi connectivity index (χ3n) is 5.71. The summed E-state index contributed by atoms with van der Waals surface area (Å²) >= 11 is 0. The third kappa shape index (κ3) is 1.72. The lowest BCUT2D eigenvalue weighted by Gasteiger charge is -2.24. The molecule has 0 amide bonds. The van der Waals surface area contributed by atoms with E-state index in [2.05, 4.69) is 59.7 Å². The summed E-state index contributed by atoms with van der Waals surface area (Å²) in [5, 5.41) is 6.69. The lowest BCUT2D eigenvalue weighted by atomic mass is 10.2. The van der Waals surface area contributed by atoms with Crippen LogP contribution in [0, 0.1) is 13.8 Å². The summed E-state index contributed by atoms with van der Waals surface area (Å²) in [6.45, 7) is 7.21. The first kappa shape index (κ1) is 14.3. The summed E-state index contributed by atoms with van der Waals surface area (Å²) in [6.07, 6.45) is 10.5. The number of hydrogen-bond acceptors (Lipinski definition) is 0. The van der Waals surface area contributed by atoms with Gasteiger partial charge in [0.25, 0.3) is 0 Å². The molecule has 1 spiro atoms. The van der Waals surface area contributed by atoms with Gasteiger partial charge in [0, 0.05) is 12.8 Å². The van der Waals surface area contributed by atoms with E-state index in [0.717, 1.165) is 0 Å². The van der Waals surface area contributed by atoms with Gasteiger partial charge in [-0.1, -0.05) is 12.1 Å². The monoisotopic (exact) mass is 342 g/mol. The zero-order chi connectivity index (χ0) is 15.6. The van der Waals surface area contributed by atoms with E-state index in [1.165, 1.54) is 38.8 Å². The van der Waals surface area contributed by atoms with Gasteiger partial charge in [-0.25, -0.2) is 0 Å². The number of aryl methyl sites for hydroxylation is 2. The van der Waals surface area contributed by atoms with Crippen LogP contribution in [0.25, 0.3) is 0 Å². The molecule has 2 unspecified atom stereocenters. The van der Waals surface area contributed by atoms with Gasteiger partial charge in [-0.3, -0.25) is 0 Å². The maximum absolute atomic E-state index is 2.78. The second-order valence-corrected chi connectivity index (χ2v) is 12.5. The van der Waals surface area contributed by atoms with Crippen molar-refractivity contribution in [3.05, 3.63) is 45.4 Å². The minimum absolute atomic E-state index is 0.223. The molecule has 0 aromatic carbocycles. The molecule has 118 valence electrons. The second-order valence-electron chi connectivity index (χ2n) is 7.13. The Morgan fingerprint density at radius 1 is 0.739 bits per heavy atom. The number of fused-ring (bicyclic) bond motifs is 2. The molecule has 5 heterocycles. The maximum Gasteiger partial charge on any atom is 0.421 e. The van der Waals surface area contributed by atoms with Crippen LogP contribution in [0.4, 0.5) is 0 Å². The second kappa shape index (κ2) is 4.95. The number of nitrogens with zero attached hydrogens (tertiary/aromatic N) is 2. The molecule has 1 saturated heterocycles. The average molecular weight is 342 g/mol. The Morgan fingerprint density at radius 2 is 1.22 bits per heavy atom. The van der Waals surface area contributed by atoms with Gasteiger partial charge in [0.2, 0.25) is 0 Å². The van der Waals surface area contributed by atoms with Crippen molar-refractivity contribution >= 4 is 27.5 Å². The van der Waals surface area contributed by atoms with Gasteiger partial charge in [-0.05, 0) is 49.4 Å². The Kier molecular flexibility index (Phi) is 3.07. The minimum atomic E-state index is -0.238. The Bertz CT molecular complexity index is 794.